The largest absolute Gasteiger partial charge is 0.367 e. The molecule has 136 valence electrons. The first-order valence-corrected chi connectivity index (χ1v) is 9.12. The number of hydrogen-bond acceptors (Lipinski definition) is 6. The van der Waals surface area contributed by atoms with Gasteiger partial charge in [0.25, 0.3) is 11.6 Å². The first kappa shape index (κ1) is 17.6. The van der Waals surface area contributed by atoms with Gasteiger partial charge in [-0.25, -0.2) is 4.98 Å². The number of benzene rings is 2. The van der Waals surface area contributed by atoms with E-state index in [1.807, 2.05) is 12.1 Å². The van der Waals surface area contributed by atoms with Crippen molar-refractivity contribution in [2.75, 3.05) is 0 Å². The summed E-state index contributed by atoms with van der Waals surface area (Å²) in [6.45, 7) is 0. The number of amides is 1. The Balaban J connectivity index is 1.73. The van der Waals surface area contributed by atoms with Gasteiger partial charge in [-0.1, -0.05) is 35.9 Å². The highest BCUT2D eigenvalue weighted by Crippen LogP contribution is 2.59. The minimum absolute atomic E-state index is 0.125. The molecule has 2 heterocycles. The number of thiazole rings is 1. The van der Waals surface area contributed by atoms with Crippen LogP contribution >= 0.6 is 22.9 Å². The number of ether oxygens (including phenoxy) is 1. The van der Waals surface area contributed by atoms with Crippen molar-refractivity contribution in [3.8, 4) is 11.3 Å². The topological polar surface area (TPSA) is 112 Å². The van der Waals surface area contributed by atoms with Gasteiger partial charge in [-0.3, -0.25) is 14.9 Å². The van der Waals surface area contributed by atoms with Gasteiger partial charge < -0.3 is 10.5 Å². The maximum atomic E-state index is 12.2. The van der Waals surface area contributed by atoms with E-state index < -0.39 is 22.5 Å². The van der Waals surface area contributed by atoms with E-state index >= 15 is 0 Å². The van der Waals surface area contributed by atoms with E-state index in [0.717, 1.165) is 5.56 Å². The molecule has 9 heteroatoms. The van der Waals surface area contributed by atoms with Crippen molar-refractivity contribution in [3.63, 3.8) is 0 Å². The summed E-state index contributed by atoms with van der Waals surface area (Å²) in [5.74, 6) is -0.734. The number of carbonyl (C=O) groups is 1. The fourth-order valence-electron chi connectivity index (χ4n) is 2.96. The van der Waals surface area contributed by atoms with Crippen molar-refractivity contribution in [2.24, 2.45) is 5.73 Å². The second kappa shape index (κ2) is 6.41. The van der Waals surface area contributed by atoms with E-state index in [4.69, 9.17) is 22.1 Å². The average molecular weight is 402 g/mol. The molecule has 0 radical (unpaired) electrons. The Labute approximate surface area is 162 Å². The van der Waals surface area contributed by atoms with E-state index in [0.29, 0.717) is 21.3 Å². The van der Waals surface area contributed by atoms with Crippen molar-refractivity contribution in [2.45, 2.75) is 11.7 Å². The molecule has 2 aromatic carbocycles. The molecule has 0 aliphatic carbocycles. The van der Waals surface area contributed by atoms with E-state index in [9.17, 15) is 14.9 Å². The fourth-order valence-corrected chi connectivity index (χ4v) is 4.08. The molecular formula is C18H12ClN3O4S. The van der Waals surface area contributed by atoms with Crippen LogP contribution in [-0.4, -0.2) is 15.8 Å². The average Bonchev–Trinajstić information content (AvgIpc) is 3.23. The summed E-state index contributed by atoms with van der Waals surface area (Å²) in [6, 6.07) is 13.2. The van der Waals surface area contributed by atoms with Gasteiger partial charge in [-0.2, -0.15) is 0 Å². The number of epoxide rings is 1. The summed E-state index contributed by atoms with van der Waals surface area (Å²) < 4.78 is 5.65. The number of aromatic nitrogens is 1. The van der Waals surface area contributed by atoms with Crippen LogP contribution in [0.3, 0.4) is 0 Å². The van der Waals surface area contributed by atoms with Crippen LogP contribution in [0.1, 0.15) is 16.7 Å². The summed E-state index contributed by atoms with van der Waals surface area (Å²) >= 11 is 7.12. The second-order valence-corrected chi connectivity index (χ2v) is 7.25. The monoisotopic (exact) mass is 401 g/mol. The van der Waals surface area contributed by atoms with Gasteiger partial charge in [0, 0.05) is 22.0 Å². The van der Waals surface area contributed by atoms with Crippen molar-refractivity contribution in [1.82, 2.24) is 4.98 Å². The third kappa shape index (κ3) is 2.87. The summed E-state index contributed by atoms with van der Waals surface area (Å²) in [7, 11) is 0. The van der Waals surface area contributed by atoms with Gasteiger partial charge in [-0.05, 0) is 18.2 Å². The lowest BCUT2D eigenvalue weighted by Gasteiger charge is -2.06. The van der Waals surface area contributed by atoms with Crippen LogP contribution in [0.25, 0.3) is 11.3 Å². The lowest BCUT2D eigenvalue weighted by Crippen LogP contribution is -2.30. The molecule has 1 saturated heterocycles. The van der Waals surface area contributed by atoms with Crippen LogP contribution in [0.5, 0.6) is 0 Å². The van der Waals surface area contributed by atoms with E-state index in [-0.39, 0.29) is 5.69 Å². The lowest BCUT2D eigenvalue weighted by atomic mass is 9.98. The SMILES string of the molecule is NC(=O)[C@@]1(c2nc(-c3ccc(Cl)cc3)cs2)O[C@@H]1c1ccccc1[N+](=O)[O-]. The van der Waals surface area contributed by atoms with E-state index in [1.165, 1.54) is 17.4 Å². The van der Waals surface area contributed by atoms with Gasteiger partial charge in [0.15, 0.2) is 0 Å². The molecular weight excluding hydrogens is 390 g/mol. The van der Waals surface area contributed by atoms with Crippen LogP contribution in [0.4, 0.5) is 5.69 Å². The third-order valence-electron chi connectivity index (χ3n) is 4.36. The van der Waals surface area contributed by atoms with Crippen LogP contribution in [0, 0.1) is 10.1 Å². The molecule has 1 aliphatic rings. The van der Waals surface area contributed by atoms with Crippen molar-refractivity contribution in [3.05, 3.63) is 79.6 Å². The standard InChI is InChI=1S/C18H12ClN3O4S/c19-11-7-5-10(6-8-11)13-9-27-17(21-13)18(16(20)23)15(26-18)12-3-1-2-4-14(12)22(24)25/h1-9,15H,(H2,20,23)/t15-,18+/m1/s1. The molecule has 2 N–H and O–H groups in total. The molecule has 0 saturated carbocycles. The Morgan fingerprint density at radius 2 is 1.96 bits per heavy atom. The maximum absolute atomic E-state index is 12.2. The number of nitrogens with zero attached hydrogens (tertiary/aromatic N) is 2. The van der Waals surface area contributed by atoms with Crippen molar-refractivity contribution in [1.29, 1.82) is 0 Å². The summed E-state index contributed by atoms with van der Waals surface area (Å²) in [5, 5.41) is 14.0. The molecule has 2 atom stereocenters. The predicted molar refractivity (Wildman–Crippen MR) is 100 cm³/mol. The van der Waals surface area contributed by atoms with Crippen LogP contribution in [0.2, 0.25) is 5.02 Å². The van der Waals surface area contributed by atoms with E-state index in [1.54, 1.807) is 35.7 Å². The molecule has 7 nitrogen and oxygen atoms in total. The van der Waals surface area contributed by atoms with Crippen molar-refractivity contribution < 1.29 is 14.5 Å². The highest BCUT2D eigenvalue weighted by atomic mass is 35.5. The number of primary amides is 1. The molecule has 0 bridgehead atoms. The Bertz CT molecular complexity index is 1050. The number of hydrogen-bond donors (Lipinski definition) is 1. The zero-order valence-electron chi connectivity index (χ0n) is 13.7. The predicted octanol–water partition coefficient (Wildman–Crippen LogP) is 3.82. The normalized spacial score (nSPS) is 21.0. The quantitative estimate of drug-likeness (QED) is 0.396. The van der Waals surface area contributed by atoms with Crippen LogP contribution in [-0.2, 0) is 15.1 Å². The Morgan fingerprint density at radius 1 is 1.26 bits per heavy atom. The number of rotatable bonds is 5. The second-order valence-electron chi connectivity index (χ2n) is 5.96. The highest BCUT2D eigenvalue weighted by molar-refractivity contribution is 7.10. The maximum Gasteiger partial charge on any atom is 0.275 e. The number of nitro benzene ring substituents is 1. The van der Waals surface area contributed by atoms with E-state index in [2.05, 4.69) is 4.98 Å². The molecule has 3 aromatic rings. The van der Waals surface area contributed by atoms with Gasteiger partial charge >= 0.3 is 0 Å². The highest BCUT2D eigenvalue weighted by Gasteiger charge is 2.67. The molecule has 1 aliphatic heterocycles. The first-order chi connectivity index (χ1) is 12.9. The smallest absolute Gasteiger partial charge is 0.275 e. The van der Waals surface area contributed by atoms with Gasteiger partial charge in [-0.15, -0.1) is 11.3 Å². The van der Waals surface area contributed by atoms with Crippen LogP contribution in [0.15, 0.2) is 53.9 Å². The molecule has 4 rings (SSSR count). The lowest BCUT2D eigenvalue weighted by molar-refractivity contribution is -0.385. The molecule has 1 aromatic heterocycles. The van der Waals surface area contributed by atoms with Gasteiger partial charge in [0.05, 0.1) is 16.2 Å². The molecule has 1 amide bonds. The minimum Gasteiger partial charge on any atom is -0.367 e. The summed E-state index contributed by atoms with van der Waals surface area (Å²) in [6.07, 6.45) is -0.846. The van der Waals surface area contributed by atoms with Gasteiger partial charge in [0.2, 0.25) is 5.60 Å². The number of nitrogens with two attached hydrogens (primary N) is 1. The Hall–Kier alpha value is -2.81. The number of halogens is 1. The number of nitro groups is 1. The Morgan fingerprint density at radius 3 is 2.63 bits per heavy atom. The molecule has 0 unspecified atom stereocenters. The van der Waals surface area contributed by atoms with Crippen molar-refractivity contribution >= 4 is 34.5 Å². The molecule has 27 heavy (non-hydrogen) atoms. The number of carbonyl (C=O) groups excluding carboxylic acids is 1. The number of para-hydroxylation sites is 1. The van der Waals surface area contributed by atoms with Gasteiger partial charge in [0.1, 0.15) is 11.1 Å². The molecule has 0 spiro atoms. The first-order valence-electron chi connectivity index (χ1n) is 7.86. The zero-order valence-corrected chi connectivity index (χ0v) is 15.2. The minimum atomic E-state index is -1.50. The summed E-state index contributed by atoms with van der Waals surface area (Å²) in [5.41, 5.74) is 5.74. The van der Waals surface area contributed by atoms with Crippen LogP contribution < -0.4 is 5.73 Å². The summed E-state index contributed by atoms with van der Waals surface area (Å²) in [4.78, 5) is 27.5. The third-order valence-corrected chi connectivity index (χ3v) is 5.57. The fraction of sp³-hybridized carbons (Fsp3) is 0.111. The molecule has 1 fully saturated rings. The Kier molecular flexibility index (Phi) is 4.18. The zero-order chi connectivity index (χ0) is 19.2.